The highest BCUT2D eigenvalue weighted by Crippen LogP contribution is 2.25. The van der Waals surface area contributed by atoms with E-state index in [1.54, 1.807) is 0 Å². The van der Waals surface area contributed by atoms with Gasteiger partial charge in [-0.1, -0.05) is 0 Å². The van der Waals surface area contributed by atoms with Crippen LogP contribution in [0.5, 0.6) is 0 Å². The summed E-state index contributed by atoms with van der Waals surface area (Å²) in [5.74, 6) is 0.804. The van der Waals surface area contributed by atoms with Crippen LogP contribution in [0.4, 0.5) is 0 Å². The topological polar surface area (TPSA) is 24.5 Å². The van der Waals surface area contributed by atoms with Crippen LogP contribution in [0, 0.1) is 5.92 Å². The largest absolute Gasteiger partial charge is 0.374 e. The van der Waals surface area contributed by atoms with Crippen molar-refractivity contribution in [2.75, 3.05) is 33.3 Å². The van der Waals surface area contributed by atoms with E-state index in [9.17, 15) is 0 Å². The van der Waals surface area contributed by atoms with Crippen LogP contribution in [0.2, 0.25) is 0 Å². The third-order valence-corrected chi connectivity index (χ3v) is 4.47. The molecule has 0 aliphatic carbocycles. The second kappa shape index (κ2) is 5.68. The predicted octanol–water partition coefficient (Wildman–Crippen LogP) is 1.88. The standard InChI is InChI=1S/C14H28N2O/c1-12(13-6-4-8-16(3)10-13)15-11-14(2)7-5-9-17-14/h12-13,15H,4-11H2,1-3H3. The molecule has 3 nitrogen and oxygen atoms in total. The van der Waals surface area contributed by atoms with Crippen molar-refractivity contribution in [3.8, 4) is 0 Å². The molecule has 0 aromatic rings. The Kier molecular flexibility index (Phi) is 4.45. The van der Waals surface area contributed by atoms with Crippen molar-refractivity contribution in [2.45, 2.75) is 51.2 Å². The van der Waals surface area contributed by atoms with Crippen molar-refractivity contribution in [3.05, 3.63) is 0 Å². The highest BCUT2D eigenvalue weighted by Gasteiger charge is 2.31. The lowest BCUT2D eigenvalue weighted by molar-refractivity contribution is 0.0164. The quantitative estimate of drug-likeness (QED) is 0.812. The lowest BCUT2D eigenvalue weighted by Crippen LogP contribution is -2.47. The van der Waals surface area contributed by atoms with Crippen molar-refractivity contribution < 1.29 is 4.74 Å². The summed E-state index contributed by atoms with van der Waals surface area (Å²) in [4.78, 5) is 2.46. The zero-order chi connectivity index (χ0) is 12.3. The van der Waals surface area contributed by atoms with E-state index in [0.29, 0.717) is 6.04 Å². The lowest BCUT2D eigenvalue weighted by Gasteiger charge is -2.35. The zero-order valence-electron chi connectivity index (χ0n) is 11.7. The molecule has 2 fully saturated rings. The lowest BCUT2D eigenvalue weighted by atomic mass is 9.91. The van der Waals surface area contributed by atoms with Crippen LogP contribution in [0.3, 0.4) is 0 Å². The first-order valence-corrected chi connectivity index (χ1v) is 7.15. The van der Waals surface area contributed by atoms with E-state index < -0.39 is 0 Å². The van der Waals surface area contributed by atoms with E-state index in [4.69, 9.17) is 4.74 Å². The van der Waals surface area contributed by atoms with Crippen LogP contribution in [0.25, 0.3) is 0 Å². The van der Waals surface area contributed by atoms with Gasteiger partial charge in [0.25, 0.3) is 0 Å². The number of hydrogen-bond acceptors (Lipinski definition) is 3. The van der Waals surface area contributed by atoms with Gasteiger partial charge in [0.1, 0.15) is 0 Å². The molecule has 0 spiro atoms. The fourth-order valence-electron chi connectivity index (χ4n) is 3.13. The molecule has 3 heteroatoms. The molecule has 3 unspecified atom stereocenters. The van der Waals surface area contributed by atoms with Crippen LogP contribution in [-0.4, -0.2) is 49.8 Å². The van der Waals surface area contributed by atoms with Gasteiger partial charge in [0.15, 0.2) is 0 Å². The van der Waals surface area contributed by atoms with Crippen LogP contribution < -0.4 is 5.32 Å². The Balaban J connectivity index is 1.74. The molecule has 2 aliphatic heterocycles. The third-order valence-electron chi connectivity index (χ3n) is 4.47. The van der Waals surface area contributed by atoms with Gasteiger partial charge in [-0.2, -0.15) is 0 Å². The van der Waals surface area contributed by atoms with E-state index in [0.717, 1.165) is 19.1 Å². The number of ether oxygens (including phenoxy) is 1. The monoisotopic (exact) mass is 240 g/mol. The Labute approximate surface area is 106 Å². The average Bonchev–Trinajstić information content (AvgIpc) is 2.74. The Morgan fingerprint density at radius 1 is 1.47 bits per heavy atom. The molecule has 2 rings (SSSR count). The molecule has 0 aromatic heterocycles. The molecule has 100 valence electrons. The van der Waals surface area contributed by atoms with E-state index in [1.807, 2.05) is 0 Å². The maximum atomic E-state index is 5.83. The molecule has 0 radical (unpaired) electrons. The highest BCUT2D eigenvalue weighted by atomic mass is 16.5. The van der Waals surface area contributed by atoms with Crippen molar-refractivity contribution in [2.24, 2.45) is 5.92 Å². The molecule has 0 bridgehead atoms. The van der Waals surface area contributed by atoms with Crippen LogP contribution in [0.1, 0.15) is 39.5 Å². The number of hydrogen-bond donors (Lipinski definition) is 1. The summed E-state index contributed by atoms with van der Waals surface area (Å²) >= 11 is 0. The van der Waals surface area contributed by atoms with Gasteiger partial charge in [0.2, 0.25) is 0 Å². The van der Waals surface area contributed by atoms with Crippen molar-refractivity contribution in [3.63, 3.8) is 0 Å². The molecule has 2 heterocycles. The van der Waals surface area contributed by atoms with Gasteiger partial charge in [0.05, 0.1) is 5.60 Å². The minimum absolute atomic E-state index is 0.0921. The van der Waals surface area contributed by atoms with Crippen molar-refractivity contribution in [1.29, 1.82) is 0 Å². The van der Waals surface area contributed by atoms with Crippen LogP contribution in [0.15, 0.2) is 0 Å². The van der Waals surface area contributed by atoms with Gasteiger partial charge in [-0.05, 0) is 59.0 Å². The van der Waals surface area contributed by atoms with E-state index in [2.05, 4.69) is 31.1 Å². The van der Waals surface area contributed by atoms with E-state index in [-0.39, 0.29) is 5.60 Å². The fourth-order valence-corrected chi connectivity index (χ4v) is 3.13. The number of nitrogens with zero attached hydrogens (tertiary/aromatic N) is 1. The number of nitrogens with one attached hydrogen (secondary N) is 1. The summed E-state index contributed by atoms with van der Waals surface area (Å²) in [6.07, 6.45) is 5.15. The molecule has 2 aliphatic rings. The Morgan fingerprint density at radius 3 is 2.94 bits per heavy atom. The Hall–Kier alpha value is -0.120. The molecular weight excluding hydrogens is 212 g/mol. The minimum atomic E-state index is 0.0921. The summed E-state index contributed by atoms with van der Waals surface area (Å²) in [5.41, 5.74) is 0.0921. The van der Waals surface area contributed by atoms with Gasteiger partial charge < -0.3 is 15.0 Å². The Morgan fingerprint density at radius 2 is 2.29 bits per heavy atom. The number of rotatable bonds is 4. The SMILES string of the molecule is CC(NCC1(C)CCCO1)C1CCCN(C)C1. The van der Waals surface area contributed by atoms with Crippen LogP contribution >= 0.6 is 0 Å². The summed E-state index contributed by atoms with van der Waals surface area (Å²) in [6.45, 7) is 9.04. The molecule has 3 atom stereocenters. The van der Waals surface area contributed by atoms with Gasteiger partial charge >= 0.3 is 0 Å². The second-order valence-corrected chi connectivity index (χ2v) is 6.24. The summed E-state index contributed by atoms with van der Waals surface area (Å²) < 4.78 is 5.83. The smallest absolute Gasteiger partial charge is 0.0779 e. The second-order valence-electron chi connectivity index (χ2n) is 6.24. The van der Waals surface area contributed by atoms with Crippen molar-refractivity contribution >= 4 is 0 Å². The first-order valence-electron chi connectivity index (χ1n) is 7.15. The fraction of sp³-hybridized carbons (Fsp3) is 1.00. The van der Waals surface area contributed by atoms with Gasteiger partial charge in [-0.25, -0.2) is 0 Å². The molecule has 0 amide bonds. The minimum Gasteiger partial charge on any atom is -0.374 e. The summed E-state index contributed by atoms with van der Waals surface area (Å²) in [6, 6.07) is 0.610. The molecular formula is C14H28N2O. The first kappa shape index (κ1) is 13.3. The molecule has 1 N–H and O–H groups in total. The third kappa shape index (κ3) is 3.67. The zero-order valence-corrected chi connectivity index (χ0v) is 11.7. The summed E-state index contributed by atoms with van der Waals surface area (Å²) in [5, 5.41) is 3.70. The van der Waals surface area contributed by atoms with Crippen molar-refractivity contribution in [1.82, 2.24) is 10.2 Å². The number of piperidine rings is 1. The predicted molar refractivity (Wildman–Crippen MR) is 71.3 cm³/mol. The Bertz CT molecular complexity index is 238. The maximum absolute atomic E-state index is 5.83. The normalized spacial score (nSPS) is 37.2. The molecule has 17 heavy (non-hydrogen) atoms. The molecule has 0 aromatic carbocycles. The maximum Gasteiger partial charge on any atom is 0.0779 e. The highest BCUT2D eigenvalue weighted by molar-refractivity contribution is 4.86. The number of likely N-dealkylation sites (tertiary alicyclic amines) is 1. The molecule has 2 saturated heterocycles. The van der Waals surface area contributed by atoms with Gasteiger partial charge in [0, 0.05) is 25.7 Å². The van der Waals surface area contributed by atoms with E-state index in [1.165, 1.54) is 38.8 Å². The van der Waals surface area contributed by atoms with E-state index >= 15 is 0 Å². The van der Waals surface area contributed by atoms with Gasteiger partial charge in [-0.15, -0.1) is 0 Å². The van der Waals surface area contributed by atoms with Gasteiger partial charge in [-0.3, -0.25) is 0 Å². The molecule has 0 saturated carbocycles. The average molecular weight is 240 g/mol. The van der Waals surface area contributed by atoms with Crippen LogP contribution in [-0.2, 0) is 4.74 Å². The first-order chi connectivity index (χ1) is 8.09. The summed E-state index contributed by atoms with van der Waals surface area (Å²) in [7, 11) is 2.24.